The molecule has 1 amide bonds. The smallest absolute Gasteiger partial charge is 0.218 e. The molecule has 0 unspecified atom stereocenters. The molecule has 0 aromatic carbocycles. The number of carbonyl (C=O) groups excluding carboxylic acids is 1. The van der Waals surface area contributed by atoms with Gasteiger partial charge in [-0.05, 0) is 20.8 Å². The summed E-state index contributed by atoms with van der Waals surface area (Å²) in [7, 11) is 0. The van der Waals surface area contributed by atoms with Crippen molar-refractivity contribution in [2.75, 3.05) is 0 Å². The van der Waals surface area contributed by atoms with E-state index in [1.165, 1.54) is 0 Å². The molecule has 0 saturated carbocycles. The van der Waals surface area contributed by atoms with Crippen molar-refractivity contribution in [2.24, 2.45) is 11.1 Å². The van der Waals surface area contributed by atoms with Gasteiger partial charge in [0.25, 0.3) is 0 Å². The van der Waals surface area contributed by atoms with E-state index < -0.39 is 0 Å². The molecule has 0 radical (unpaired) electrons. The Balaban J connectivity index is 4.08. The Hall–Kier alpha value is -0.970. The molecule has 2 heteroatoms. The molecule has 0 rings (SSSR count). The second-order valence-corrected chi connectivity index (χ2v) is 2.90. The lowest BCUT2D eigenvalue weighted by atomic mass is 9.90. The predicted octanol–water partition coefficient (Wildman–Crippen LogP) is 0.911. The van der Waals surface area contributed by atoms with E-state index in [1.807, 2.05) is 13.8 Å². The van der Waals surface area contributed by atoms with Crippen molar-refractivity contribution in [3.8, 4) is 11.8 Å². The summed E-state index contributed by atoms with van der Waals surface area (Å²) in [6.45, 7) is 5.55. The summed E-state index contributed by atoms with van der Waals surface area (Å²) in [4.78, 5) is 10.4. The maximum Gasteiger partial charge on any atom is 0.218 e. The van der Waals surface area contributed by atoms with Gasteiger partial charge in [0, 0.05) is 11.8 Å². The van der Waals surface area contributed by atoms with Crippen LogP contribution in [-0.2, 0) is 4.79 Å². The highest BCUT2D eigenvalue weighted by molar-refractivity contribution is 5.74. The van der Waals surface area contributed by atoms with Gasteiger partial charge in [0.05, 0.1) is 0 Å². The van der Waals surface area contributed by atoms with Crippen LogP contribution in [0.1, 0.15) is 27.2 Å². The predicted molar refractivity (Wildman–Crippen MR) is 41.0 cm³/mol. The molecule has 0 aliphatic carbocycles. The first-order chi connectivity index (χ1) is 4.48. The van der Waals surface area contributed by atoms with Crippen LogP contribution in [0.3, 0.4) is 0 Å². The third-order valence-electron chi connectivity index (χ3n) is 1.08. The van der Waals surface area contributed by atoms with Crippen LogP contribution in [0.25, 0.3) is 0 Å². The lowest BCUT2D eigenvalue weighted by Crippen LogP contribution is -2.20. The number of hydrogen-bond donors (Lipinski definition) is 1. The van der Waals surface area contributed by atoms with Crippen molar-refractivity contribution in [1.29, 1.82) is 0 Å². The normalized spacial score (nSPS) is 9.90. The fraction of sp³-hybridized carbons (Fsp3) is 0.625. The van der Waals surface area contributed by atoms with Gasteiger partial charge in [-0.2, -0.15) is 0 Å². The molecule has 56 valence electrons. The Bertz CT molecular complexity index is 183. The van der Waals surface area contributed by atoms with Crippen LogP contribution in [-0.4, -0.2) is 5.91 Å². The fourth-order valence-corrected chi connectivity index (χ4v) is 0.818. The summed E-state index contributed by atoms with van der Waals surface area (Å²) < 4.78 is 0. The summed E-state index contributed by atoms with van der Waals surface area (Å²) in [6, 6.07) is 0. The monoisotopic (exact) mass is 139 g/mol. The zero-order chi connectivity index (χ0) is 8.20. The summed E-state index contributed by atoms with van der Waals surface area (Å²) in [5, 5.41) is 0. The van der Waals surface area contributed by atoms with Gasteiger partial charge >= 0.3 is 0 Å². The van der Waals surface area contributed by atoms with E-state index in [0.29, 0.717) is 6.42 Å². The number of nitrogens with two attached hydrogens (primary N) is 1. The molecule has 0 aromatic rings. The maximum atomic E-state index is 10.4. The van der Waals surface area contributed by atoms with Crippen molar-refractivity contribution in [3.05, 3.63) is 0 Å². The van der Waals surface area contributed by atoms with Gasteiger partial charge in [0.1, 0.15) is 0 Å². The molecule has 0 aromatic heterocycles. The molecule has 10 heavy (non-hydrogen) atoms. The molecule has 0 aliphatic rings. The first-order valence-corrected chi connectivity index (χ1v) is 3.20. The molecule has 2 N–H and O–H groups in total. The Morgan fingerprint density at radius 3 is 2.40 bits per heavy atom. The zero-order valence-electron chi connectivity index (χ0n) is 6.69. The molecule has 2 nitrogen and oxygen atoms in total. The highest BCUT2D eigenvalue weighted by Crippen LogP contribution is 2.17. The lowest BCUT2D eigenvalue weighted by molar-refractivity contribution is -0.119. The number of hydrogen-bond acceptors (Lipinski definition) is 1. The lowest BCUT2D eigenvalue weighted by Gasteiger charge is -2.13. The summed E-state index contributed by atoms with van der Waals surface area (Å²) in [5.74, 6) is 5.36. The average Bonchev–Trinajstić information content (AvgIpc) is 1.59. The largest absolute Gasteiger partial charge is 0.370 e. The van der Waals surface area contributed by atoms with E-state index in [0.717, 1.165) is 0 Å². The summed E-state index contributed by atoms with van der Waals surface area (Å²) in [5.41, 5.74) is 4.74. The maximum absolute atomic E-state index is 10.4. The molecule has 0 aliphatic heterocycles. The van der Waals surface area contributed by atoms with Crippen LogP contribution in [0.5, 0.6) is 0 Å². The number of carbonyl (C=O) groups is 1. The van der Waals surface area contributed by atoms with Gasteiger partial charge in [0.15, 0.2) is 0 Å². The van der Waals surface area contributed by atoms with Crippen molar-refractivity contribution in [1.82, 2.24) is 0 Å². The van der Waals surface area contributed by atoms with E-state index in [-0.39, 0.29) is 11.3 Å². The highest BCUT2D eigenvalue weighted by atomic mass is 16.1. The van der Waals surface area contributed by atoms with Crippen molar-refractivity contribution in [3.63, 3.8) is 0 Å². The van der Waals surface area contributed by atoms with Gasteiger partial charge in [-0.3, -0.25) is 4.79 Å². The Morgan fingerprint density at radius 1 is 1.60 bits per heavy atom. The van der Waals surface area contributed by atoms with Crippen LogP contribution < -0.4 is 5.73 Å². The number of primary amides is 1. The van der Waals surface area contributed by atoms with Crippen LogP contribution in [0, 0.1) is 17.3 Å². The van der Waals surface area contributed by atoms with Crippen molar-refractivity contribution >= 4 is 5.91 Å². The summed E-state index contributed by atoms with van der Waals surface area (Å²) >= 11 is 0. The Morgan fingerprint density at radius 2 is 2.10 bits per heavy atom. The van der Waals surface area contributed by atoms with E-state index in [2.05, 4.69) is 11.8 Å². The van der Waals surface area contributed by atoms with E-state index in [1.54, 1.807) is 6.92 Å². The first kappa shape index (κ1) is 9.03. The van der Waals surface area contributed by atoms with Crippen molar-refractivity contribution in [2.45, 2.75) is 27.2 Å². The SMILES string of the molecule is CC#CC(C)(C)CC(N)=O. The second-order valence-electron chi connectivity index (χ2n) is 2.90. The third-order valence-corrected chi connectivity index (χ3v) is 1.08. The Labute approximate surface area is 61.8 Å². The Kier molecular flexibility index (Phi) is 2.95. The minimum absolute atomic E-state index is 0.263. The molecule has 0 saturated heterocycles. The minimum atomic E-state index is -0.298. The van der Waals surface area contributed by atoms with Gasteiger partial charge in [-0.25, -0.2) is 0 Å². The quantitative estimate of drug-likeness (QED) is 0.568. The fourth-order valence-electron chi connectivity index (χ4n) is 0.818. The number of rotatable bonds is 2. The molecule has 0 spiro atoms. The van der Waals surface area contributed by atoms with Gasteiger partial charge in [-0.1, -0.05) is 5.92 Å². The van der Waals surface area contributed by atoms with Crippen molar-refractivity contribution < 1.29 is 4.79 Å². The van der Waals surface area contributed by atoms with E-state index in [4.69, 9.17) is 5.73 Å². The average molecular weight is 139 g/mol. The van der Waals surface area contributed by atoms with E-state index >= 15 is 0 Å². The van der Waals surface area contributed by atoms with E-state index in [9.17, 15) is 4.79 Å². The van der Waals surface area contributed by atoms with Crippen LogP contribution in [0.2, 0.25) is 0 Å². The van der Waals surface area contributed by atoms with Crippen LogP contribution in [0.4, 0.5) is 0 Å². The second kappa shape index (κ2) is 3.26. The topological polar surface area (TPSA) is 43.1 Å². The summed E-state index contributed by atoms with van der Waals surface area (Å²) in [6.07, 6.45) is 0.327. The highest BCUT2D eigenvalue weighted by Gasteiger charge is 2.16. The third kappa shape index (κ3) is 3.96. The zero-order valence-corrected chi connectivity index (χ0v) is 6.69. The standard InChI is InChI=1S/C8H13NO/c1-4-5-8(2,3)6-7(9)10/h6H2,1-3H3,(H2,9,10). The van der Waals surface area contributed by atoms with Crippen LogP contribution >= 0.6 is 0 Å². The minimum Gasteiger partial charge on any atom is -0.370 e. The first-order valence-electron chi connectivity index (χ1n) is 3.20. The number of amides is 1. The van der Waals surface area contributed by atoms with Gasteiger partial charge < -0.3 is 5.73 Å². The molecule has 0 bridgehead atoms. The molecular formula is C8H13NO. The molecule has 0 heterocycles. The molecule has 0 fully saturated rings. The molecular weight excluding hydrogens is 126 g/mol. The van der Waals surface area contributed by atoms with Gasteiger partial charge in [-0.15, -0.1) is 5.92 Å². The molecule has 0 atom stereocenters. The van der Waals surface area contributed by atoms with Crippen LogP contribution in [0.15, 0.2) is 0 Å². The van der Waals surface area contributed by atoms with Gasteiger partial charge in [0.2, 0.25) is 5.91 Å².